The van der Waals surface area contributed by atoms with E-state index in [0.717, 1.165) is 34.7 Å². The van der Waals surface area contributed by atoms with Gasteiger partial charge in [-0.05, 0) is 43.0 Å². The van der Waals surface area contributed by atoms with Crippen molar-refractivity contribution in [1.82, 2.24) is 9.88 Å². The lowest BCUT2D eigenvalue weighted by atomic mass is 9.92. The van der Waals surface area contributed by atoms with E-state index in [9.17, 15) is 4.79 Å². The Morgan fingerprint density at radius 1 is 1.36 bits per heavy atom. The number of ether oxygens (including phenoxy) is 2. The molecule has 1 aromatic carbocycles. The number of nitrogens with one attached hydrogen (secondary N) is 1. The first kappa shape index (κ1) is 18.9. The Bertz CT molecular complexity index is 984. The number of fused-ring (bicyclic) bond motifs is 3. The van der Waals surface area contributed by atoms with Crippen molar-refractivity contribution in [2.45, 2.75) is 31.2 Å². The van der Waals surface area contributed by atoms with Crippen LogP contribution in [0, 0.1) is 0 Å². The van der Waals surface area contributed by atoms with Crippen molar-refractivity contribution in [3.05, 3.63) is 51.7 Å². The predicted octanol–water partition coefficient (Wildman–Crippen LogP) is 1.99. The van der Waals surface area contributed by atoms with Crippen LogP contribution in [-0.4, -0.2) is 41.2 Å². The van der Waals surface area contributed by atoms with E-state index >= 15 is 0 Å². The molecular formula is C21H24ClN3O3. The first-order valence-corrected chi connectivity index (χ1v) is 9.99. The monoisotopic (exact) mass is 401 g/mol. The number of amides is 1. The topological polar surface area (TPSA) is 80.6 Å². The highest BCUT2D eigenvalue weighted by atomic mass is 35.5. The van der Waals surface area contributed by atoms with Crippen LogP contribution < -0.4 is 21.0 Å². The number of rotatable bonds is 4. The van der Waals surface area contributed by atoms with E-state index in [-0.39, 0.29) is 24.2 Å². The Labute approximate surface area is 168 Å². The van der Waals surface area contributed by atoms with Crippen LogP contribution in [0.4, 0.5) is 4.79 Å². The van der Waals surface area contributed by atoms with Gasteiger partial charge in [-0.1, -0.05) is 24.3 Å². The average Bonchev–Trinajstić information content (AvgIpc) is 3.06. The SMILES string of the molecule is CCOC(=O)N1CCc2c([nH]c3c2=CC(Cl)CC=3)C1c1ccc(OCN)cc1. The van der Waals surface area contributed by atoms with Gasteiger partial charge in [0, 0.05) is 22.8 Å². The Balaban J connectivity index is 1.82. The second-order valence-corrected chi connectivity index (χ2v) is 7.45. The van der Waals surface area contributed by atoms with E-state index in [2.05, 4.69) is 17.1 Å². The molecule has 1 amide bonds. The van der Waals surface area contributed by atoms with Crippen molar-refractivity contribution in [3.8, 4) is 5.75 Å². The molecule has 2 aromatic rings. The fourth-order valence-electron chi connectivity index (χ4n) is 4.04. The maximum Gasteiger partial charge on any atom is 0.410 e. The third-order valence-electron chi connectivity index (χ3n) is 5.24. The Hall–Kier alpha value is -2.44. The van der Waals surface area contributed by atoms with E-state index in [4.69, 9.17) is 26.8 Å². The number of hydrogen-bond donors (Lipinski definition) is 2. The molecule has 2 atom stereocenters. The van der Waals surface area contributed by atoms with Crippen LogP contribution >= 0.6 is 11.6 Å². The second-order valence-electron chi connectivity index (χ2n) is 6.89. The van der Waals surface area contributed by atoms with Gasteiger partial charge in [0.25, 0.3) is 0 Å². The van der Waals surface area contributed by atoms with Crippen LogP contribution in [0.25, 0.3) is 12.2 Å². The molecule has 0 saturated heterocycles. The quantitative estimate of drug-likeness (QED) is 0.606. The number of benzene rings is 1. The van der Waals surface area contributed by atoms with Crippen molar-refractivity contribution < 1.29 is 14.3 Å². The number of alkyl halides is 1. The molecule has 3 N–H and O–H groups in total. The molecule has 4 rings (SSSR count). The van der Waals surface area contributed by atoms with Gasteiger partial charge < -0.3 is 14.5 Å². The second kappa shape index (κ2) is 7.89. The zero-order valence-electron chi connectivity index (χ0n) is 15.8. The summed E-state index contributed by atoms with van der Waals surface area (Å²) < 4.78 is 10.7. The number of aromatic amines is 1. The lowest BCUT2D eigenvalue weighted by Crippen LogP contribution is -2.42. The number of nitrogens with two attached hydrogens (primary N) is 1. The van der Waals surface area contributed by atoms with Crippen LogP contribution in [-0.2, 0) is 11.2 Å². The summed E-state index contributed by atoms with van der Waals surface area (Å²) in [6.07, 6.45) is 5.50. The minimum Gasteiger partial charge on any atom is -0.479 e. The molecule has 148 valence electrons. The summed E-state index contributed by atoms with van der Waals surface area (Å²) >= 11 is 6.36. The molecule has 1 aliphatic heterocycles. The zero-order valence-corrected chi connectivity index (χ0v) is 16.5. The highest BCUT2D eigenvalue weighted by Gasteiger charge is 2.35. The van der Waals surface area contributed by atoms with E-state index in [1.807, 2.05) is 31.2 Å². The zero-order chi connectivity index (χ0) is 19.7. The number of aromatic nitrogens is 1. The summed E-state index contributed by atoms with van der Waals surface area (Å²) in [4.78, 5) is 18.0. The predicted molar refractivity (Wildman–Crippen MR) is 109 cm³/mol. The van der Waals surface area contributed by atoms with Crippen molar-refractivity contribution in [3.63, 3.8) is 0 Å². The Kier molecular flexibility index (Phi) is 5.33. The summed E-state index contributed by atoms with van der Waals surface area (Å²) in [5.41, 5.74) is 8.69. The number of H-pyrrole nitrogens is 1. The summed E-state index contributed by atoms with van der Waals surface area (Å²) in [5.74, 6) is 0.697. The normalized spacial score (nSPS) is 20.5. The minimum atomic E-state index is -0.309. The van der Waals surface area contributed by atoms with Gasteiger partial charge in [0.2, 0.25) is 0 Å². The van der Waals surface area contributed by atoms with Crippen LogP contribution in [0.2, 0.25) is 0 Å². The van der Waals surface area contributed by atoms with Gasteiger partial charge in [-0.2, -0.15) is 0 Å². The van der Waals surface area contributed by atoms with Crippen LogP contribution in [0.5, 0.6) is 5.75 Å². The van der Waals surface area contributed by atoms with Crippen LogP contribution in [0.15, 0.2) is 24.3 Å². The summed E-state index contributed by atoms with van der Waals surface area (Å²) in [6, 6.07) is 7.42. The van der Waals surface area contributed by atoms with Crippen LogP contribution in [0.1, 0.15) is 36.2 Å². The molecular weight excluding hydrogens is 378 g/mol. The molecule has 0 radical (unpaired) electrons. The fourth-order valence-corrected chi connectivity index (χ4v) is 4.25. The first-order chi connectivity index (χ1) is 13.6. The van der Waals surface area contributed by atoms with E-state index in [0.29, 0.717) is 18.9 Å². The van der Waals surface area contributed by atoms with Crippen molar-refractivity contribution in [1.29, 1.82) is 0 Å². The van der Waals surface area contributed by atoms with Gasteiger partial charge in [-0.25, -0.2) is 4.79 Å². The van der Waals surface area contributed by atoms with Gasteiger partial charge in [-0.15, -0.1) is 11.6 Å². The Morgan fingerprint density at radius 3 is 2.86 bits per heavy atom. The molecule has 0 fully saturated rings. The van der Waals surface area contributed by atoms with E-state index in [1.54, 1.807) is 4.90 Å². The maximum atomic E-state index is 12.7. The number of halogens is 1. The van der Waals surface area contributed by atoms with E-state index in [1.165, 1.54) is 5.56 Å². The van der Waals surface area contributed by atoms with Gasteiger partial charge in [0.15, 0.2) is 0 Å². The molecule has 0 bridgehead atoms. The average molecular weight is 402 g/mol. The summed E-state index contributed by atoms with van der Waals surface area (Å²) in [5, 5.41) is 2.25. The van der Waals surface area contributed by atoms with Gasteiger partial charge >= 0.3 is 6.09 Å². The van der Waals surface area contributed by atoms with E-state index < -0.39 is 0 Å². The van der Waals surface area contributed by atoms with Crippen LogP contribution in [0.3, 0.4) is 0 Å². The molecule has 1 aliphatic carbocycles. The lowest BCUT2D eigenvalue weighted by molar-refractivity contribution is 0.0930. The number of carbonyl (C=O) groups excluding carboxylic acids is 1. The number of carbonyl (C=O) groups is 1. The molecule has 1 aromatic heterocycles. The molecule has 0 spiro atoms. The van der Waals surface area contributed by atoms with Crippen molar-refractivity contribution in [2.75, 3.05) is 19.9 Å². The number of nitrogens with zero attached hydrogens (tertiary/aromatic N) is 1. The number of hydrogen-bond acceptors (Lipinski definition) is 4. The van der Waals surface area contributed by atoms with Crippen molar-refractivity contribution in [2.24, 2.45) is 5.73 Å². The minimum absolute atomic E-state index is 0.00151. The molecule has 0 saturated carbocycles. The molecule has 7 heteroatoms. The molecule has 28 heavy (non-hydrogen) atoms. The first-order valence-electron chi connectivity index (χ1n) is 9.55. The third kappa shape index (κ3) is 3.38. The molecule has 2 heterocycles. The highest BCUT2D eigenvalue weighted by molar-refractivity contribution is 6.24. The molecule has 6 nitrogen and oxygen atoms in total. The van der Waals surface area contributed by atoms with Gasteiger partial charge in [0.1, 0.15) is 18.5 Å². The van der Waals surface area contributed by atoms with Gasteiger partial charge in [-0.3, -0.25) is 10.6 Å². The fraction of sp³-hybridized carbons (Fsp3) is 0.381. The maximum absolute atomic E-state index is 12.7. The lowest BCUT2D eigenvalue weighted by Gasteiger charge is -2.35. The molecule has 2 unspecified atom stereocenters. The standard InChI is InChI=1S/C21H24ClN3O3/c1-2-27-21(26)25-10-9-16-17-11-14(22)5-8-18(17)24-19(16)20(25)13-3-6-15(7-4-13)28-12-23/h3-4,6-8,11,14,20,24H,2,5,9-10,12,23H2,1H3. The van der Waals surface area contributed by atoms with Gasteiger partial charge in [0.05, 0.1) is 12.0 Å². The largest absolute Gasteiger partial charge is 0.479 e. The summed E-state index contributed by atoms with van der Waals surface area (Å²) in [6.45, 7) is 2.87. The smallest absolute Gasteiger partial charge is 0.410 e. The van der Waals surface area contributed by atoms with Crippen molar-refractivity contribution >= 4 is 29.8 Å². The third-order valence-corrected chi connectivity index (χ3v) is 5.54. The highest BCUT2D eigenvalue weighted by Crippen LogP contribution is 2.34. The summed E-state index contributed by atoms with van der Waals surface area (Å²) in [7, 11) is 0. The molecule has 2 aliphatic rings. The Morgan fingerprint density at radius 2 is 2.14 bits per heavy atom.